The van der Waals surface area contributed by atoms with Crippen molar-refractivity contribution in [3.63, 3.8) is 0 Å². The van der Waals surface area contributed by atoms with Gasteiger partial charge in [-0.15, -0.1) is 0 Å². The van der Waals surface area contributed by atoms with E-state index in [1.807, 2.05) is 22.7 Å². The molecule has 1 unspecified atom stereocenters. The molecule has 0 bridgehead atoms. The molecule has 0 spiro atoms. The van der Waals surface area contributed by atoms with Crippen molar-refractivity contribution in [3.8, 4) is 11.4 Å². The number of nitrogens with zero attached hydrogens (tertiary/aromatic N) is 3. The molecule has 3 N–H and O–H groups in total. The monoisotopic (exact) mass is 373 g/mol. The predicted molar refractivity (Wildman–Crippen MR) is 98.9 cm³/mol. The quantitative estimate of drug-likeness (QED) is 0.656. The largest absolute Gasteiger partial charge is 0.386 e. The Morgan fingerprint density at radius 1 is 1.30 bits per heavy atom. The lowest BCUT2D eigenvalue weighted by Gasteiger charge is -2.20. The molecule has 0 aliphatic carbocycles. The van der Waals surface area contributed by atoms with Gasteiger partial charge in [0.25, 0.3) is 5.92 Å². The molecule has 4 heterocycles. The lowest BCUT2D eigenvalue weighted by atomic mass is 10.0. The maximum Gasteiger partial charge on any atom is 0.281 e. The predicted octanol–water partition coefficient (Wildman–Crippen LogP) is 2.64. The molecule has 1 saturated heterocycles. The molecule has 3 aromatic rings. The van der Waals surface area contributed by atoms with E-state index in [2.05, 4.69) is 20.6 Å². The summed E-state index contributed by atoms with van der Waals surface area (Å²) in [5.41, 5.74) is 1.78. The van der Waals surface area contributed by atoms with E-state index in [-0.39, 0.29) is 13.1 Å². The van der Waals surface area contributed by atoms with Crippen LogP contribution in [-0.2, 0) is 5.60 Å². The van der Waals surface area contributed by atoms with Gasteiger partial charge in [0.2, 0.25) is 0 Å². The van der Waals surface area contributed by atoms with Gasteiger partial charge in [0.05, 0.1) is 29.7 Å². The van der Waals surface area contributed by atoms with Crippen LogP contribution in [0.2, 0.25) is 0 Å². The minimum Gasteiger partial charge on any atom is -0.386 e. The van der Waals surface area contributed by atoms with Gasteiger partial charge in [-0.05, 0) is 37.6 Å². The number of anilines is 1. The highest BCUT2D eigenvalue weighted by molar-refractivity contribution is 5.62. The minimum absolute atomic E-state index is 0.184. The summed E-state index contributed by atoms with van der Waals surface area (Å²) in [5, 5.41) is 15.8. The van der Waals surface area contributed by atoms with Crippen LogP contribution in [0.1, 0.15) is 19.4 Å². The molecular formula is C19H21F2N5O. The van der Waals surface area contributed by atoms with Gasteiger partial charge in [-0.3, -0.25) is 4.40 Å². The van der Waals surface area contributed by atoms with Crippen LogP contribution in [0.5, 0.6) is 0 Å². The number of halogens is 2. The van der Waals surface area contributed by atoms with E-state index in [1.54, 1.807) is 38.2 Å². The van der Waals surface area contributed by atoms with E-state index in [1.165, 1.54) is 0 Å². The molecule has 4 rings (SSSR count). The Morgan fingerprint density at radius 3 is 2.81 bits per heavy atom. The summed E-state index contributed by atoms with van der Waals surface area (Å²) >= 11 is 0. The number of rotatable bonds is 4. The van der Waals surface area contributed by atoms with Gasteiger partial charge in [-0.2, -0.15) is 0 Å². The first-order valence-corrected chi connectivity index (χ1v) is 8.76. The Kier molecular flexibility index (Phi) is 4.12. The number of nitrogens with one attached hydrogen (secondary N) is 2. The fourth-order valence-electron chi connectivity index (χ4n) is 3.18. The molecule has 1 aliphatic rings. The Balaban J connectivity index is 1.70. The average Bonchev–Trinajstić information content (AvgIpc) is 3.17. The fourth-order valence-corrected chi connectivity index (χ4v) is 3.18. The number of hydrogen-bond donors (Lipinski definition) is 3. The number of hydrogen-bond acceptors (Lipinski definition) is 5. The van der Waals surface area contributed by atoms with Crippen molar-refractivity contribution in [2.24, 2.45) is 0 Å². The zero-order valence-corrected chi connectivity index (χ0v) is 15.1. The van der Waals surface area contributed by atoms with E-state index >= 15 is 0 Å². The summed E-state index contributed by atoms with van der Waals surface area (Å²) in [6, 6.07) is 7.89. The Hall–Kier alpha value is -2.58. The minimum atomic E-state index is -2.82. The lowest BCUT2D eigenvalue weighted by molar-refractivity contribution is 0.0138. The first-order valence-electron chi connectivity index (χ1n) is 8.76. The molecule has 0 amide bonds. The maximum atomic E-state index is 13.8. The van der Waals surface area contributed by atoms with E-state index < -0.39 is 17.6 Å². The normalized spacial score (nSPS) is 19.5. The smallest absolute Gasteiger partial charge is 0.281 e. The number of fused-ring (bicyclic) bond motifs is 1. The molecule has 0 saturated carbocycles. The van der Waals surface area contributed by atoms with Crippen LogP contribution < -0.4 is 10.6 Å². The molecule has 3 aromatic heterocycles. The molecule has 0 aromatic carbocycles. The number of pyridine rings is 2. The van der Waals surface area contributed by atoms with Crippen molar-refractivity contribution in [1.29, 1.82) is 0 Å². The summed E-state index contributed by atoms with van der Waals surface area (Å²) in [6.45, 7) is 3.27. The molecule has 1 atom stereocenters. The SMILES string of the molecule is CC(C)(O)c1ccc2ncc(-c3cccc(NC4CNCC4(F)F)n3)n2c1. The fraction of sp³-hybridized carbons (Fsp3) is 0.368. The van der Waals surface area contributed by atoms with Gasteiger partial charge in [0, 0.05) is 12.7 Å². The van der Waals surface area contributed by atoms with Gasteiger partial charge in [0.1, 0.15) is 17.5 Å². The molecular weight excluding hydrogens is 352 g/mol. The van der Waals surface area contributed by atoms with Crippen molar-refractivity contribution >= 4 is 11.5 Å². The third kappa shape index (κ3) is 3.38. The zero-order valence-electron chi connectivity index (χ0n) is 15.1. The van der Waals surface area contributed by atoms with Crippen molar-refractivity contribution in [2.45, 2.75) is 31.4 Å². The second kappa shape index (κ2) is 6.24. The second-order valence-corrected chi connectivity index (χ2v) is 7.35. The van der Waals surface area contributed by atoms with Crippen LogP contribution in [0.15, 0.2) is 42.7 Å². The molecule has 6 nitrogen and oxygen atoms in total. The van der Waals surface area contributed by atoms with Crippen LogP contribution in [0.4, 0.5) is 14.6 Å². The standard InChI is InChI=1S/C19H21F2N5O/c1-18(2,27)12-6-7-17-23-8-14(26(17)10-12)13-4-3-5-16(24-13)25-15-9-22-11-19(15,20)21/h3-8,10,15,22,27H,9,11H2,1-2H3,(H,24,25). The summed E-state index contributed by atoms with van der Waals surface area (Å²) in [4.78, 5) is 8.86. The van der Waals surface area contributed by atoms with Gasteiger partial charge in [-0.25, -0.2) is 18.7 Å². The first kappa shape index (κ1) is 17.8. The van der Waals surface area contributed by atoms with Gasteiger partial charge < -0.3 is 15.7 Å². The highest BCUT2D eigenvalue weighted by Gasteiger charge is 2.44. The van der Waals surface area contributed by atoms with Gasteiger partial charge in [-0.1, -0.05) is 12.1 Å². The summed E-state index contributed by atoms with van der Waals surface area (Å²) in [7, 11) is 0. The van der Waals surface area contributed by atoms with E-state index in [9.17, 15) is 13.9 Å². The van der Waals surface area contributed by atoms with Gasteiger partial charge in [0.15, 0.2) is 0 Å². The van der Waals surface area contributed by atoms with Crippen molar-refractivity contribution in [1.82, 2.24) is 19.7 Å². The van der Waals surface area contributed by atoms with Crippen LogP contribution >= 0.6 is 0 Å². The third-order valence-corrected chi connectivity index (χ3v) is 4.76. The van der Waals surface area contributed by atoms with Crippen LogP contribution in [-0.4, -0.2) is 44.5 Å². The topological polar surface area (TPSA) is 74.5 Å². The molecule has 27 heavy (non-hydrogen) atoms. The lowest BCUT2D eigenvalue weighted by Crippen LogP contribution is -2.38. The Bertz CT molecular complexity index is 980. The average molecular weight is 373 g/mol. The third-order valence-electron chi connectivity index (χ3n) is 4.76. The Morgan fingerprint density at radius 2 is 2.11 bits per heavy atom. The molecule has 1 aliphatic heterocycles. The van der Waals surface area contributed by atoms with Crippen molar-refractivity contribution in [2.75, 3.05) is 18.4 Å². The highest BCUT2D eigenvalue weighted by Crippen LogP contribution is 2.27. The molecule has 8 heteroatoms. The summed E-state index contributed by atoms with van der Waals surface area (Å²) in [6.07, 6.45) is 3.50. The summed E-state index contributed by atoms with van der Waals surface area (Å²) in [5.74, 6) is -2.43. The molecule has 1 fully saturated rings. The van der Waals surface area contributed by atoms with Crippen LogP contribution in [0.3, 0.4) is 0 Å². The number of alkyl halides is 2. The summed E-state index contributed by atoms with van der Waals surface area (Å²) < 4.78 is 29.5. The van der Waals surface area contributed by atoms with E-state index in [4.69, 9.17) is 0 Å². The highest BCUT2D eigenvalue weighted by atomic mass is 19.3. The molecule has 142 valence electrons. The van der Waals surface area contributed by atoms with Crippen molar-refractivity contribution in [3.05, 3.63) is 48.3 Å². The van der Waals surface area contributed by atoms with E-state index in [0.717, 1.165) is 11.3 Å². The van der Waals surface area contributed by atoms with E-state index in [0.29, 0.717) is 17.2 Å². The second-order valence-electron chi connectivity index (χ2n) is 7.35. The first-order chi connectivity index (χ1) is 12.7. The van der Waals surface area contributed by atoms with Crippen LogP contribution in [0, 0.1) is 0 Å². The number of imidazole rings is 1. The van der Waals surface area contributed by atoms with Crippen molar-refractivity contribution < 1.29 is 13.9 Å². The van der Waals surface area contributed by atoms with Gasteiger partial charge >= 0.3 is 0 Å². The Labute approximate surface area is 155 Å². The zero-order chi connectivity index (χ0) is 19.2. The number of aromatic nitrogens is 3. The molecule has 0 radical (unpaired) electrons. The maximum absolute atomic E-state index is 13.8. The van der Waals surface area contributed by atoms with Crippen LogP contribution in [0.25, 0.3) is 17.0 Å². The number of aliphatic hydroxyl groups is 1.